The first kappa shape index (κ1) is 43.8. The molecule has 1 spiro atoms. The number of carbonyl (C=O) groups excluding carboxylic acids is 4. The maximum absolute atomic E-state index is 13.7. The van der Waals surface area contributed by atoms with E-state index in [9.17, 15) is 19.2 Å². The highest BCUT2D eigenvalue weighted by molar-refractivity contribution is 5.71. The Morgan fingerprint density at radius 2 is 1.38 bits per heavy atom. The molecule has 20 nitrogen and oxygen atoms in total. The first-order valence-electron chi connectivity index (χ1n) is 23.2. The molecule has 66 heavy (non-hydrogen) atoms. The molecule has 2 aromatic rings. The number of likely N-dealkylation sites (N-methyl/N-ethyl adjacent to an activating group) is 1. The Morgan fingerprint density at radius 1 is 0.712 bits per heavy atom. The summed E-state index contributed by atoms with van der Waals surface area (Å²) in [5, 5.41) is 8.85. The zero-order valence-corrected chi connectivity index (χ0v) is 36.6. The van der Waals surface area contributed by atoms with E-state index in [-0.39, 0.29) is 44.3 Å². The summed E-state index contributed by atoms with van der Waals surface area (Å²) < 4.78 is 75.5. The van der Waals surface area contributed by atoms with Crippen LogP contribution in [0.2, 0.25) is 0 Å². The van der Waals surface area contributed by atoms with Gasteiger partial charge in [-0.15, -0.1) is 0 Å². The monoisotopic (exact) mass is 920 g/mol. The number of benzene rings is 2. The van der Waals surface area contributed by atoms with E-state index in [0.29, 0.717) is 19.3 Å². The van der Waals surface area contributed by atoms with E-state index in [0.717, 1.165) is 30.4 Å². The van der Waals surface area contributed by atoms with Crippen molar-refractivity contribution in [1.29, 1.82) is 0 Å². The lowest BCUT2D eigenvalue weighted by molar-refractivity contribution is -0.361. The number of nitrogens with zero attached hydrogens (tertiary/aromatic N) is 1. The number of carbonyl (C=O) groups is 4. The largest absolute Gasteiger partial charge is 0.447 e. The van der Waals surface area contributed by atoms with Crippen LogP contribution in [0.4, 0.5) is 19.2 Å². The van der Waals surface area contributed by atoms with Crippen molar-refractivity contribution >= 4 is 24.4 Å². The Hall–Kier alpha value is -4.80. The molecule has 9 fully saturated rings. The molecule has 7 aliphatic heterocycles. The van der Waals surface area contributed by atoms with Gasteiger partial charge in [-0.25, -0.2) is 19.2 Å². The fourth-order valence-corrected chi connectivity index (χ4v) is 11.0. The molecule has 17 atom stereocenters. The molecule has 2 aliphatic carbocycles. The third kappa shape index (κ3) is 8.66. The van der Waals surface area contributed by atoms with Gasteiger partial charge >= 0.3 is 24.4 Å². The lowest BCUT2D eigenvalue weighted by Crippen LogP contribution is -2.67. The van der Waals surface area contributed by atoms with Crippen molar-refractivity contribution in [3.05, 3.63) is 71.8 Å². The number of cyclic esters (lactones) is 1. The lowest BCUT2D eigenvalue weighted by Gasteiger charge is -2.50. The molecular formula is C46H56N4O16. The van der Waals surface area contributed by atoms with Crippen LogP contribution in [-0.2, 0) is 70.1 Å². The van der Waals surface area contributed by atoms with E-state index in [2.05, 4.69) is 16.0 Å². The summed E-state index contributed by atoms with van der Waals surface area (Å²) in [7, 11) is 1.61. The van der Waals surface area contributed by atoms with Gasteiger partial charge in [-0.05, 0) is 36.8 Å². The molecule has 20 heteroatoms. The van der Waals surface area contributed by atoms with Crippen molar-refractivity contribution in [3.8, 4) is 0 Å². The summed E-state index contributed by atoms with van der Waals surface area (Å²) in [4.78, 5) is 53.8. The van der Waals surface area contributed by atoms with Gasteiger partial charge in [-0.2, -0.15) is 0 Å². The van der Waals surface area contributed by atoms with Crippen molar-refractivity contribution in [2.45, 2.75) is 169 Å². The van der Waals surface area contributed by atoms with E-state index >= 15 is 0 Å². The predicted molar refractivity (Wildman–Crippen MR) is 222 cm³/mol. The molecule has 0 radical (unpaired) electrons. The number of alkyl carbamates (subject to hydrolysis) is 3. The molecule has 0 aromatic heterocycles. The second-order valence-corrected chi connectivity index (χ2v) is 18.8. The molecule has 356 valence electrons. The van der Waals surface area contributed by atoms with Gasteiger partial charge in [0.25, 0.3) is 0 Å². The molecule has 7 saturated heterocycles. The van der Waals surface area contributed by atoms with E-state index in [4.69, 9.17) is 56.8 Å². The molecule has 4 amide bonds. The highest BCUT2D eigenvalue weighted by Gasteiger charge is 2.65. The van der Waals surface area contributed by atoms with Crippen molar-refractivity contribution in [2.24, 2.45) is 5.92 Å². The standard InChI is InChI=1S/C46H56N4O16/c1-23-18-28-34(36-31(50(2)45(54)63-36)40(58-28)64-41-38-35(60-38)30-29(59-41)22-57-44(53)49-30)62-39(23)61-32-26(47-42(51)55-20-24-12-6-3-7-13-24)19-27(48-43(52)56-21-25-14-8-4-9-15-25)33-37(32)66-46(65-33)16-10-5-11-17-46/h3-4,6-9,12-15,23,26-41H,5,10-11,16-22H2,1-2H3,(H,47,51)(H,48,52)(H,49,53)/t23?,26?,27-,28+,29?,30-,31?,32-,33?,34?,35+,36?,37+,38?,39+,40?,41-/m1/s1. The van der Waals surface area contributed by atoms with Gasteiger partial charge < -0.3 is 72.8 Å². The summed E-state index contributed by atoms with van der Waals surface area (Å²) >= 11 is 0. The van der Waals surface area contributed by atoms with Crippen LogP contribution in [0.1, 0.15) is 63.0 Å². The van der Waals surface area contributed by atoms with E-state index < -0.39 is 116 Å². The normalized spacial score (nSPS) is 40.5. The smallest absolute Gasteiger partial charge is 0.410 e. The molecule has 3 N–H and O–H groups in total. The summed E-state index contributed by atoms with van der Waals surface area (Å²) in [6.07, 6.45) is -6.07. The minimum atomic E-state index is -0.972. The maximum Gasteiger partial charge on any atom is 0.410 e. The van der Waals surface area contributed by atoms with Crippen LogP contribution in [0.15, 0.2) is 60.7 Å². The minimum absolute atomic E-state index is 0.0360. The van der Waals surface area contributed by atoms with Crippen LogP contribution in [-0.4, -0.2) is 147 Å². The van der Waals surface area contributed by atoms with Crippen LogP contribution in [0.25, 0.3) is 0 Å². The van der Waals surface area contributed by atoms with Crippen molar-refractivity contribution < 1.29 is 76.0 Å². The third-order valence-corrected chi connectivity index (χ3v) is 14.4. The van der Waals surface area contributed by atoms with E-state index in [1.807, 2.05) is 67.6 Å². The highest BCUT2D eigenvalue weighted by Crippen LogP contribution is 2.48. The Morgan fingerprint density at radius 3 is 2.09 bits per heavy atom. The summed E-state index contributed by atoms with van der Waals surface area (Å²) in [6.45, 7) is 2.12. The summed E-state index contributed by atoms with van der Waals surface area (Å²) in [6, 6.07) is 16.2. The minimum Gasteiger partial charge on any atom is -0.447 e. The SMILES string of the molecule is CC1C[C@@H]2OC(O[C@H]3OC4COC(=O)N[C@H]4[C@@H]4OC34)C3C(OC(=O)N3C)C2O[C@@H]1O[C@@H]1C(NC(=O)OCc2ccccc2)C[C@@H](NC(=O)OCc2ccccc2)C2OC3(CCCCC3)O[C@H]21. The van der Waals surface area contributed by atoms with Gasteiger partial charge in [-0.1, -0.05) is 74.0 Å². The number of rotatable bonds is 10. The maximum atomic E-state index is 13.7. The van der Waals surface area contributed by atoms with Crippen LogP contribution in [0.3, 0.4) is 0 Å². The van der Waals surface area contributed by atoms with E-state index in [1.165, 1.54) is 4.90 Å². The molecule has 2 saturated carbocycles. The number of hydrogen-bond donors (Lipinski definition) is 3. The quantitative estimate of drug-likeness (QED) is 0.228. The van der Waals surface area contributed by atoms with E-state index in [1.54, 1.807) is 7.05 Å². The zero-order valence-electron chi connectivity index (χ0n) is 36.6. The van der Waals surface area contributed by atoms with Gasteiger partial charge in [0.15, 0.2) is 30.8 Å². The number of epoxide rings is 1. The van der Waals surface area contributed by atoms with Crippen molar-refractivity contribution in [1.82, 2.24) is 20.9 Å². The Kier molecular flexibility index (Phi) is 11.9. The molecule has 7 heterocycles. The van der Waals surface area contributed by atoms with Crippen molar-refractivity contribution in [2.75, 3.05) is 13.7 Å². The number of hydrogen-bond acceptors (Lipinski definition) is 16. The molecular weight excluding hydrogens is 865 g/mol. The topological polar surface area (TPSA) is 222 Å². The second-order valence-electron chi connectivity index (χ2n) is 18.8. The Balaban J connectivity index is 0.827. The molecule has 9 aliphatic rings. The van der Waals surface area contributed by atoms with Gasteiger partial charge in [0, 0.05) is 25.8 Å². The highest BCUT2D eigenvalue weighted by atomic mass is 16.8. The van der Waals surface area contributed by atoms with Crippen LogP contribution >= 0.6 is 0 Å². The van der Waals surface area contributed by atoms with Crippen molar-refractivity contribution in [3.63, 3.8) is 0 Å². The fourth-order valence-electron chi connectivity index (χ4n) is 11.0. The first-order valence-corrected chi connectivity index (χ1v) is 23.2. The average Bonchev–Trinajstić information content (AvgIpc) is 3.97. The Labute approximate surface area is 380 Å². The number of ether oxygens (including phenoxy) is 12. The lowest BCUT2D eigenvalue weighted by atomic mass is 9.83. The number of amides is 4. The van der Waals surface area contributed by atoms with Crippen LogP contribution in [0, 0.1) is 5.92 Å². The molecule has 9 unspecified atom stereocenters. The average molecular weight is 921 g/mol. The predicted octanol–water partition coefficient (Wildman–Crippen LogP) is 3.72. The van der Waals surface area contributed by atoms with Gasteiger partial charge in [0.05, 0.1) is 24.2 Å². The Bertz CT molecular complexity index is 2100. The summed E-state index contributed by atoms with van der Waals surface area (Å²) in [5.41, 5.74) is 1.65. The molecule has 11 rings (SSSR count). The summed E-state index contributed by atoms with van der Waals surface area (Å²) in [5.74, 6) is -1.20. The van der Waals surface area contributed by atoms with Crippen LogP contribution in [0.5, 0.6) is 0 Å². The number of fused-ring (bicyclic) bond motifs is 7. The second kappa shape index (κ2) is 18.0. The van der Waals surface area contributed by atoms with Gasteiger partial charge in [0.2, 0.25) is 0 Å². The fraction of sp³-hybridized carbons (Fsp3) is 0.652. The number of nitrogens with one attached hydrogen (secondary N) is 3. The first-order chi connectivity index (χ1) is 32.1. The molecule has 2 aromatic carbocycles. The zero-order chi connectivity index (χ0) is 45.1. The van der Waals surface area contributed by atoms with Crippen LogP contribution < -0.4 is 16.0 Å². The third-order valence-electron chi connectivity index (χ3n) is 14.4. The van der Waals surface area contributed by atoms with Gasteiger partial charge in [-0.3, -0.25) is 4.90 Å². The van der Waals surface area contributed by atoms with Gasteiger partial charge in [0.1, 0.15) is 68.6 Å². The molecule has 0 bridgehead atoms.